The summed E-state index contributed by atoms with van der Waals surface area (Å²) in [5.41, 5.74) is -1.17. The Bertz CT molecular complexity index is 481. The average molecular weight is 322 g/mol. The number of benzene rings is 1. The Morgan fingerprint density at radius 2 is 2.00 bits per heavy atom. The highest BCUT2D eigenvalue weighted by Crippen LogP contribution is 2.34. The molecule has 1 amide bonds. The van der Waals surface area contributed by atoms with E-state index in [2.05, 4.69) is 15.9 Å². The van der Waals surface area contributed by atoms with Crippen molar-refractivity contribution in [2.24, 2.45) is 5.92 Å². The fraction of sp³-hybridized carbons (Fsp3) is 0.417. The van der Waals surface area contributed by atoms with Crippen LogP contribution in [0.5, 0.6) is 0 Å². The molecule has 1 heterocycles. The Morgan fingerprint density at radius 1 is 1.39 bits per heavy atom. The Morgan fingerprint density at radius 3 is 2.50 bits per heavy atom. The van der Waals surface area contributed by atoms with Crippen LogP contribution in [0.2, 0.25) is 0 Å². The van der Waals surface area contributed by atoms with Gasteiger partial charge < -0.3 is 4.90 Å². The number of hydrogen-bond acceptors (Lipinski definition) is 1. The molecule has 2 rings (SSSR count). The van der Waals surface area contributed by atoms with Crippen molar-refractivity contribution in [3.63, 3.8) is 0 Å². The van der Waals surface area contributed by atoms with Crippen LogP contribution in [-0.2, 0) is 6.18 Å². The normalized spacial score (nSPS) is 16.6. The highest BCUT2D eigenvalue weighted by Gasteiger charge is 2.38. The van der Waals surface area contributed by atoms with Gasteiger partial charge in [0.15, 0.2) is 0 Å². The van der Waals surface area contributed by atoms with Crippen LogP contribution < -0.4 is 0 Å². The summed E-state index contributed by atoms with van der Waals surface area (Å²) in [6.45, 7) is 2.99. The monoisotopic (exact) mass is 321 g/mol. The minimum absolute atomic E-state index is 0.288. The number of likely N-dealkylation sites (tertiary alicyclic amines) is 1. The van der Waals surface area contributed by atoms with E-state index < -0.39 is 17.6 Å². The summed E-state index contributed by atoms with van der Waals surface area (Å²) < 4.78 is 38.9. The SMILES string of the molecule is CC1CN(C(=O)c2cc(Br)ccc2C(F)(F)F)C1. The second kappa shape index (κ2) is 4.57. The maximum atomic E-state index is 12.8. The van der Waals surface area contributed by atoms with Gasteiger partial charge in [-0.15, -0.1) is 0 Å². The molecule has 0 unspecified atom stereocenters. The minimum Gasteiger partial charge on any atom is -0.338 e. The first-order chi connectivity index (χ1) is 8.29. The van der Waals surface area contributed by atoms with Gasteiger partial charge in [0.25, 0.3) is 5.91 Å². The van der Waals surface area contributed by atoms with Crippen molar-refractivity contribution in [2.75, 3.05) is 13.1 Å². The molecular weight excluding hydrogens is 311 g/mol. The number of nitrogens with zero attached hydrogens (tertiary/aromatic N) is 1. The van der Waals surface area contributed by atoms with Gasteiger partial charge in [0.2, 0.25) is 0 Å². The summed E-state index contributed by atoms with van der Waals surface area (Å²) in [6.07, 6.45) is -4.51. The third-order valence-corrected chi connectivity index (χ3v) is 3.36. The quantitative estimate of drug-likeness (QED) is 0.774. The van der Waals surface area contributed by atoms with Crippen LogP contribution in [0.1, 0.15) is 22.8 Å². The summed E-state index contributed by atoms with van der Waals surface area (Å²) in [6, 6.07) is 3.45. The number of rotatable bonds is 1. The summed E-state index contributed by atoms with van der Waals surface area (Å²) in [5.74, 6) is -0.197. The number of halogens is 4. The molecule has 18 heavy (non-hydrogen) atoms. The number of carbonyl (C=O) groups is 1. The number of amides is 1. The van der Waals surface area contributed by atoms with Crippen LogP contribution in [0, 0.1) is 5.92 Å². The molecule has 1 fully saturated rings. The molecule has 98 valence electrons. The smallest absolute Gasteiger partial charge is 0.338 e. The zero-order valence-corrected chi connectivity index (χ0v) is 11.2. The van der Waals surface area contributed by atoms with Crippen molar-refractivity contribution >= 4 is 21.8 Å². The van der Waals surface area contributed by atoms with E-state index in [-0.39, 0.29) is 5.56 Å². The van der Waals surface area contributed by atoms with E-state index in [1.165, 1.54) is 17.0 Å². The second-order valence-electron chi connectivity index (χ2n) is 4.50. The lowest BCUT2D eigenvalue weighted by molar-refractivity contribution is -0.138. The molecule has 0 bridgehead atoms. The number of hydrogen-bond donors (Lipinski definition) is 0. The van der Waals surface area contributed by atoms with E-state index in [9.17, 15) is 18.0 Å². The van der Waals surface area contributed by atoms with Crippen LogP contribution in [0.15, 0.2) is 22.7 Å². The molecule has 0 radical (unpaired) electrons. The van der Waals surface area contributed by atoms with Gasteiger partial charge >= 0.3 is 6.18 Å². The minimum atomic E-state index is -4.51. The maximum absolute atomic E-state index is 12.8. The molecule has 0 saturated carbocycles. The lowest BCUT2D eigenvalue weighted by Crippen LogP contribution is -2.49. The van der Waals surface area contributed by atoms with Crippen molar-refractivity contribution in [3.8, 4) is 0 Å². The van der Waals surface area contributed by atoms with Crippen molar-refractivity contribution in [3.05, 3.63) is 33.8 Å². The molecule has 1 saturated heterocycles. The highest BCUT2D eigenvalue weighted by molar-refractivity contribution is 9.10. The molecule has 2 nitrogen and oxygen atoms in total. The first kappa shape index (κ1) is 13.4. The molecule has 1 aromatic rings. The van der Waals surface area contributed by atoms with Gasteiger partial charge in [0, 0.05) is 17.6 Å². The summed E-state index contributed by atoms with van der Waals surface area (Å²) in [7, 11) is 0. The van der Waals surface area contributed by atoms with E-state index in [1.807, 2.05) is 6.92 Å². The maximum Gasteiger partial charge on any atom is 0.417 e. The molecule has 0 aromatic heterocycles. The van der Waals surface area contributed by atoms with Gasteiger partial charge in [0.1, 0.15) is 0 Å². The fourth-order valence-electron chi connectivity index (χ4n) is 1.98. The van der Waals surface area contributed by atoms with Crippen molar-refractivity contribution in [1.82, 2.24) is 4.90 Å². The second-order valence-corrected chi connectivity index (χ2v) is 5.42. The molecule has 0 aliphatic carbocycles. The van der Waals surface area contributed by atoms with Gasteiger partial charge in [-0.25, -0.2) is 0 Å². The van der Waals surface area contributed by atoms with Gasteiger partial charge in [-0.1, -0.05) is 22.9 Å². The standard InChI is InChI=1S/C12H11BrF3NO/c1-7-5-17(6-7)11(18)9-4-8(13)2-3-10(9)12(14,15)16/h2-4,7H,5-6H2,1H3. The third kappa shape index (κ3) is 2.53. The Balaban J connectivity index is 2.36. The van der Waals surface area contributed by atoms with Gasteiger partial charge in [-0.2, -0.15) is 13.2 Å². The lowest BCUT2D eigenvalue weighted by atomic mass is 9.99. The third-order valence-electron chi connectivity index (χ3n) is 2.87. The highest BCUT2D eigenvalue weighted by atomic mass is 79.9. The van der Waals surface area contributed by atoms with Crippen molar-refractivity contribution < 1.29 is 18.0 Å². The predicted octanol–water partition coefficient (Wildman–Crippen LogP) is 3.56. The van der Waals surface area contributed by atoms with Gasteiger partial charge in [0.05, 0.1) is 11.1 Å². The predicted molar refractivity (Wildman–Crippen MR) is 64.2 cm³/mol. The van der Waals surface area contributed by atoms with Crippen LogP contribution >= 0.6 is 15.9 Å². The number of carbonyl (C=O) groups excluding carboxylic acids is 1. The zero-order valence-electron chi connectivity index (χ0n) is 9.59. The molecule has 0 spiro atoms. The van der Waals surface area contributed by atoms with Gasteiger partial charge in [-0.3, -0.25) is 4.79 Å². The van der Waals surface area contributed by atoms with E-state index in [4.69, 9.17) is 0 Å². The molecule has 6 heteroatoms. The largest absolute Gasteiger partial charge is 0.417 e. The van der Waals surface area contributed by atoms with E-state index in [1.54, 1.807) is 0 Å². The van der Waals surface area contributed by atoms with Crippen LogP contribution in [0.25, 0.3) is 0 Å². The molecule has 0 N–H and O–H groups in total. The van der Waals surface area contributed by atoms with Crippen LogP contribution in [0.3, 0.4) is 0 Å². The first-order valence-electron chi connectivity index (χ1n) is 5.45. The first-order valence-corrected chi connectivity index (χ1v) is 6.24. The Labute approximate surface area is 111 Å². The molecular formula is C12H11BrF3NO. The topological polar surface area (TPSA) is 20.3 Å². The Hall–Kier alpha value is -1.04. The lowest BCUT2D eigenvalue weighted by Gasteiger charge is -2.37. The van der Waals surface area contributed by atoms with E-state index in [0.29, 0.717) is 23.5 Å². The zero-order chi connectivity index (χ0) is 13.5. The number of alkyl halides is 3. The van der Waals surface area contributed by atoms with Crippen molar-refractivity contribution in [1.29, 1.82) is 0 Å². The van der Waals surface area contributed by atoms with Crippen molar-refractivity contribution in [2.45, 2.75) is 13.1 Å². The average Bonchev–Trinajstić information content (AvgIpc) is 2.22. The fourth-order valence-corrected chi connectivity index (χ4v) is 2.34. The van der Waals surface area contributed by atoms with Crippen LogP contribution in [0.4, 0.5) is 13.2 Å². The van der Waals surface area contributed by atoms with E-state index >= 15 is 0 Å². The van der Waals surface area contributed by atoms with Gasteiger partial charge in [-0.05, 0) is 24.1 Å². The summed E-state index contributed by atoms with van der Waals surface area (Å²) in [4.78, 5) is 13.4. The summed E-state index contributed by atoms with van der Waals surface area (Å²) in [5, 5.41) is 0. The molecule has 1 aromatic carbocycles. The molecule has 1 aliphatic rings. The molecule has 0 atom stereocenters. The summed E-state index contributed by atoms with van der Waals surface area (Å²) >= 11 is 3.09. The van der Waals surface area contributed by atoms with Crippen LogP contribution in [-0.4, -0.2) is 23.9 Å². The molecule has 1 aliphatic heterocycles. The Kier molecular flexibility index (Phi) is 3.40. The van der Waals surface area contributed by atoms with E-state index in [0.717, 1.165) is 6.07 Å².